The van der Waals surface area contributed by atoms with Gasteiger partial charge in [-0.25, -0.2) is 4.98 Å². The van der Waals surface area contributed by atoms with Crippen molar-refractivity contribution in [3.05, 3.63) is 45.9 Å². The number of ether oxygens (including phenoxy) is 1. The summed E-state index contributed by atoms with van der Waals surface area (Å²) in [6, 6.07) is 7.99. The Morgan fingerprint density at radius 2 is 1.93 bits per heavy atom. The molecule has 0 unspecified atom stereocenters. The molecule has 1 aromatic heterocycles. The van der Waals surface area contributed by atoms with Crippen LogP contribution < -0.4 is 10.1 Å². The molecule has 0 saturated carbocycles. The van der Waals surface area contributed by atoms with Crippen LogP contribution in [-0.2, 0) is 17.8 Å². The Kier molecular flexibility index (Phi) is 11.6. The van der Waals surface area contributed by atoms with Gasteiger partial charge in [0.2, 0.25) is 5.91 Å². The highest BCUT2D eigenvalue weighted by atomic mass is 35.5. The van der Waals surface area contributed by atoms with E-state index in [1.807, 2.05) is 41.6 Å². The summed E-state index contributed by atoms with van der Waals surface area (Å²) in [6.07, 6.45) is 3.82. The van der Waals surface area contributed by atoms with Crippen molar-refractivity contribution in [2.45, 2.75) is 39.2 Å². The van der Waals surface area contributed by atoms with E-state index in [4.69, 9.17) is 4.74 Å². The minimum absolute atomic E-state index is 0. The van der Waals surface area contributed by atoms with Crippen molar-refractivity contribution in [3.63, 3.8) is 0 Å². The first-order valence-corrected chi connectivity index (χ1v) is 10.6. The molecule has 0 radical (unpaired) electrons. The number of halogens is 2. The third kappa shape index (κ3) is 8.13. The SMILES string of the molecule is CNCCC1CCN(C(=O)Cc2csc(COc3ccc(C)cc3)n2)CC1.Cl.Cl. The lowest BCUT2D eigenvalue weighted by Crippen LogP contribution is -2.39. The summed E-state index contributed by atoms with van der Waals surface area (Å²) >= 11 is 1.56. The Morgan fingerprint density at radius 3 is 2.59 bits per heavy atom. The van der Waals surface area contributed by atoms with Crippen LogP contribution in [0.25, 0.3) is 0 Å². The summed E-state index contributed by atoms with van der Waals surface area (Å²) in [7, 11) is 1.99. The number of likely N-dealkylation sites (tertiary alicyclic amines) is 1. The predicted octanol–water partition coefficient (Wildman–Crippen LogP) is 4.26. The quantitative estimate of drug-likeness (QED) is 0.640. The number of rotatable bonds is 8. The van der Waals surface area contributed by atoms with Crippen LogP contribution >= 0.6 is 36.2 Å². The van der Waals surface area contributed by atoms with E-state index in [1.165, 1.54) is 12.0 Å². The summed E-state index contributed by atoms with van der Waals surface area (Å²) in [5.74, 6) is 1.78. The van der Waals surface area contributed by atoms with Crippen molar-refractivity contribution in [3.8, 4) is 5.75 Å². The number of amides is 1. The molecule has 2 heterocycles. The van der Waals surface area contributed by atoms with E-state index in [0.29, 0.717) is 13.0 Å². The molecule has 1 saturated heterocycles. The Morgan fingerprint density at radius 1 is 1.24 bits per heavy atom. The lowest BCUT2D eigenvalue weighted by Gasteiger charge is -2.32. The van der Waals surface area contributed by atoms with Gasteiger partial charge in [0.1, 0.15) is 17.4 Å². The van der Waals surface area contributed by atoms with Gasteiger partial charge < -0.3 is 15.0 Å². The summed E-state index contributed by atoms with van der Waals surface area (Å²) < 4.78 is 5.77. The zero-order valence-corrected chi connectivity index (χ0v) is 19.5. The van der Waals surface area contributed by atoms with Crippen molar-refractivity contribution >= 4 is 42.1 Å². The highest BCUT2D eigenvalue weighted by molar-refractivity contribution is 7.09. The van der Waals surface area contributed by atoms with E-state index in [0.717, 1.165) is 54.8 Å². The zero-order chi connectivity index (χ0) is 19.1. The molecule has 5 nitrogen and oxygen atoms in total. The fourth-order valence-electron chi connectivity index (χ4n) is 3.36. The molecule has 1 amide bonds. The number of aromatic nitrogens is 1. The molecule has 3 rings (SSSR count). The highest BCUT2D eigenvalue weighted by Crippen LogP contribution is 2.21. The second-order valence-corrected chi connectivity index (χ2v) is 8.17. The molecule has 1 aliphatic rings. The predicted molar refractivity (Wildman–Crippen MR) is 124 cm³/mol. The Balaban J connectivity index is 0.00000210. The van der Waals surface area contributed by atoms with Gasteiger partial charge in [0.05, 0.1) is 12.1 Å². The average Bonchev–Trinajstić information content (AvgIpc) is 3.13. The smallest absolute Gasteiger partial charge is 0.228 e. The van der Waals surface area contributed by atoms with Gasteiger partial charge in [-0.05, 0) is 57.8 Å². The van der Waals surface area contributed by atoms with Gasteiger partial charge in [0, 0.05) is 18.5 Å². The maximum Gasteiger partial charge on any atom is 0.228 e. The Hall–Kier alpha value is -1.34. The normalized spacial score (nSPS) is 14.1. The van der Waals surface area contributed by atoms with E-state index in [1.54, 1.807) is 11.3 Å². The fraction of sp³-hybridized carbons (Fsp3) is 0.524. The van der Waals surface area contributed by atoms with Crippen LogP contribution in [0, 0.1) is 12.8 Å². The van der Waals surface area contributed by atoms with Gasteiger partial charge in [-0.3, -0.25) is 4.79 Å². The van der Waals surface area contributed by atoms with Crippen LogP contribution in [0.5, 0.6) is 5.75 Å². The number of aryl methyl sites for hydroxylation is 1. The first-order chi connectivity index (χ1) is 13.1. The topological polar surface area (TPSA) is 54.5 Å². The molecule has 1 fully saturated rings. The standard InChI is InChI=1S/C21H29N3O2S.2ClH/c1-16-3-5-19(6-4-16)26-14-20-23-18(15-27-20)13-21(25)24-11-8-17(9-12-24)7-10-22-2;;/h3-6,15,17,22H,7-14H2,1-2H3;2*1H. The maximum atomic E-state index is 12.6. The van der Waals surface area contributed by atoms with Crippen molar-refractivity contribution in [1.29, 1.82) is 0 Å². The average molecular weight is 460 g/mol. The molecule has 29 heavy (non-hydrogen) atoms. The first kappa shape index (κ1) is 25.7. The molecule has 1 aromatic carbocycles. The minimum atomic E-state index is 0. The van der Waals surface area contributed by atoms with Gasteiger partial charge in [-0.2, -0.15) is 0 Å². The van der Waals surface area contributed by atoms with E-state index in [9.17, 15) is 4.79 Å². The minimum Gasteiger partial charge on any atom is -0.486 e. The monoisotopic (exact) mass is 459 g/mol. The number of benzene rings is 1. The van der Waals surface area contributed by atoms with Crippen LogP contribution in [0.4, 0.5) is 0 Å². The number of hydrogen-bond donors (Lipinski definition) is 1. The van der Waals surface area contributed by atoms with E-state index >= 15 is 0 Å². The fourth-order valence-corrected chi connectivity index (χ4v) is 4.07. The second kappa shape index (κ2) is 13.1. The highest BCUT2D eigenvalue weighted by Gasteiger charge is 2.23. The summed E-state index contributed by atoms with van der Waals surface area (Å²) in [4.78, 5) is 19.1. The van der Waals surface area contributed by atoms with Crippen molar-refractivity contribution in [2.75, 3.05) is 26.7 Å². The molecule has 8 heteroatoms. The summed E-state index contributed by atoms with van der Waals surface area (Å²) in [6.45, 7) is 5.31. The van der Waals surface area contributed by atoms with E-state index < -0.39 is 0 Å². The molecule has 162 valence electrons. The summed E-state index contributed by atoms with van der Waals surface area (Å²) in [5.41, 5.74) is 2.06. The lowest BCUT2D eigenvalue weighted by molar-refractivity contribution is -0.131. The molecular weight excluding hydrogens is 429 g/mol. The molecule has 1 aliphatic heterocycles. The maximum absolute atomic E-state index is 12.6. The number of nitrogens with zero attached hydrogens (tertiary/aromatic N) is 2. The molecule has 2 aromatic rings. The number of carbonyl (C=O) groups is 1. The largest absolute Gasteiger partial charge is 0.486 e. The molecular formula is C21H31Cl2N3O2S. The molecule has 0 spiro atoms. The van der Waals surface area contributed by atoms with Crippen LogP contribution in [0.15, 0.2) is 29.6 Å². The lowest BCUT2D eigenvalue weighted by atomic mass is 9.93. The third-order valence-electron chi connectivity index (χ3n) is 5.08. The molecule has 1 N–H and O–H groups in total. The van der Waals surface area contributed by atoms with Gasteiger partial charge in [0.15, 0.2) is 0 Å². The number of hydrogen-bond acceptors (Lipinski definition) is 5. The molecule has 0 aliphatic carbocycles. The second-order valence-electron chi connectivity index (χ2n) is 7.23. The van der Waals surface area contributed by atoms with Crippen molar-refractivity contribution in [2.24, 2.45) is 5.92 Å². The zero-order valence-electron chi connectivity index (χ0n) is 17.1. The Bertz CT molecular complexity index is 732. The Labute approximate surface area is 190 Å². The van der Waals surface area contributed by atoms with Gasteiger partial charge >= 0.3 is 0 Å². The number of thiazole rings is 1. The summed E-state index contributed by atoms with van der Waals surface area (Å²) in [5, 5.41) is 6.09. The van der Waals surface area contributed by atoms with Crippen molar-refractivity contribution in [1.82, 2.24) is 15.2 Å². The third-order valence-corrected chi connectivity index (χ3v) is 5.96. The van der Waals surface area contributed by atoms with Gasteiger partial charge in [-0.15, -0.1) is 36.2 Å². The molecule has 0 bridgehead atoms. The number of piperidine rings is 1. The molecule has 0 atom stereocenters. The number of carbonyl (C=O) groups excluding carboxylic acids is 1. The number of nitrogens with one attached hydrogen (secondary N) is 1. The van der Waals surface area contributed by atoms with Crippen LogP contribution in [0.3, 0.4) is 0 Å². The first-order valence-electron chi connectivity index (χ1n) is 9.69. The van der Waals surface area contributed by atoms with Crippen molar-refractivity contribution < 1.29 is 9.53 Å². The van der Waals surface area contributed by atoms with E-state index in [2.05, 4.69) is 17.2 Å². The van der Waals surface area contributed by atoms with Crippen LogP contribution in [-0.4, -0.2) is 42.5 Å². The van der Waals surface area contributed by atoms with Gasteiger partial charge in [0.25, 0.3) is 0 Å². The van der Waals surface area contributed by atoms with E-state index in [-0.39, 0.29) is 30.7 Å². The van der Waals surface area contributed by atoms with Crippen LogP contribution in [0.1, 0.15) is 35.5 Å². The van der Waals surface area contributed by atoms with Crippen LogP contribution in [0.2, 0.25) is 0 Å². The van der Waals surface area contributed by atoms with Gasteiger partial charge in [-0.1, -0.05) is 17.7 Å².